The molecule has 1 aliphatic carbocycles. The summed E-state index contributed by atoms with van der Waals surface area (Å²) >= 11 is 0. The van der Waals surface area contributed by atoms with E-state index >= 15 is 0 Å². The maximum Gasteiger partial charge on any atom is 0.336 e. The maximum absolute atomic E-state index is 13.3. The second-order valence-electron chi connectivity index (χ2n) is 8.30. The van der Waals surface area contributed by atoms with E-state index in [2.05, 4.69) is 5.32 Å². The molecule has 0 amide bonds. The number of dihydropyridines is 1. The van der Waals surface area contributed by atoms with Crippen LogP contribution in [-0.4, -0.2) is 24.3 Å². The van der Waals surface area contributed by atoms with Crippen molar-refractivity contribution in [2.24, 2.45) is 0 Å². The highest BCUT2D eigenvalue weighted by atomic mass is 16.5. The number of nitrogens with one attached hydrogen (secondary N) is 1. The summed E-state index contributed by atoms with van der Waals surface area (Å²) in [7, 11) is 0. The molecule has 170 valence electrons. The third kappa shape index (κ3) is 5.06. The Morgan fingerprint density at radius 3 is 2.45 bits per heavy atom. The van der Waals surface area contributed by atoms with E-state index in [4.69, 9.17) is 9.47 Å². The molecule has 1 atom stereocenters. The van der Waals surface area contributed by atoms with E-state index < -0.39 is 17.9 Å². The minimum absolute atomic E-state index is 0.0416. The first-order valence-electron chi connectivity index (χ1n) is 11.2. The van der Waals surface area contributed by atoms with Gasteiger partial charge in [-0.05, 0) is 43.0 Å². The van der Waals surface area contributed by atoms with Crippen molar-refractivity contribution in [2.75, 3.05) is 6.61 Å². The van der Waals surface area contributed by atoms with Gasteiger partial charge in [-0.2, -0.15) is 0 Å². The van der Waals surface area contributed by atoms with Gasteiger partial charge in [0.2, 0.25) is 0 Å². The van der Waals surface area contributed by atoms with Gasteiger partial charge in [0.1, 0.15) is 5.75 Å². The van der Waals surface area contributed by atoms with Crippen LogP contribution in [0.25, 0.3) is 0 Å². The largest absolute Gasteiger partial charge is 0.462 e. The number of benzene rings is 2. The first-order chi connectivity index (χ1) is 15.9. The molecule has 33 heavy (non-hydrogen) atoms. The fraction of sp³-hybridized carbons (Fsp3) is 0.296. The second-order valence-corrected chi connectivity index (χ2v) is 8.30. The molecule has 0 bridgehead atoms. The van der Waals surface area contributed by atoms with Gasteiger partial charge < -0.3 is 14.8 Å². The summed E-state index contributed by atoms with van der Waals surface area (Å²) in [6, 6.07) is 16.8. The molecule has 0 spiro atoms. The van der Waals surface area contributed by atoms with E-state index in [-0.39, 0.29) is 12.4 Å². The van der Waals surface area contributed by atoms with Crippen LogP contribution in [0.1, 0.15) is 50.2 Å². The molecule has 4 rings (SSSR count). The van der Waals surface area contributed by atoms with Crippen molar-refractivity contribution in [1.82, 2.24) is 5.32 Å². The summed E-state index contributed by atoms with van der Waals surface area (Å²) in [6.45, 7) is 3.43. The van der Waals surface area contributed by atoms with Crippen molar-refractivity contribution in [3.63, 3.8) is 0 Å². The summed E-state index contributed by atoms with van der Waals surface area (Å²) in [5.41, 5.74) is 4.51. The lowest BCUT2D eigenvalue weighted by molar-refractivity contribution is -0.139. The molecule has 1 aliphatic heterocycles. The highest BCUT2D eigenvalue weighted by molar-refractivity contribution is 6.03. The fourth-order valence-electron chi connectivity index (χ4n) is 4.47. The fourth-order valence-corrected chi connectivity index (χ4v) is 4.47. The number of carbonyl (C=O) groups is 3. The lowest BCUT2D eigenvalue weighted by Crippen LogP contribution is -2.34. The highest BCUT2D eigenvalue weighted by Gasteiger charge is 2.39. The SMILES string of the molecule is CC(=O)Oc1ccc([C@H]2C(C(=O)OCCc3ccccc3)=C(C)NC3=C2C(=O)CCC3)cc1. The van der Waals surface area contributed by atoms with Crippen molar-refractivity contribution in [2.45, 2.75) is 45.4 Å². The molecule has 0 saturated carbocycles. The topological polar surface area (TPSA) is 81.7 Å². The molecular weight excluding hydrogens is 418 g/mol. The Balaban J connectivity index is 1.62. The van der Waals surface area contributed by atoms with Crippen LogP contribution in [0.2, 0.25) is 0 Å². The summed E-state index contributed by atoms with van der Waals surface area (Å²) < 4.78 is 10.8. The second kappa shape index (κ2) is 9.86. The third-order valence-corrected chi connectivity index (χ3v) is 5.94. The van der Waals surface area contributed by atoms with Crippen LogP contribution < -0.4 is 10.1 Å². The van der Waals surface area contributed by atoms with Crippen molar-refractivity contribution < 1.29 is 23.9 Å². The minimum atomic E-state index is -0.523. The van der Waals surface area contributed by atoms with Gasteiger partial charge in [-0.1, -0.05) is 42.5 Å². The van der Waals surface area contributed by atoms with Crippen LogP contribution in [0.3, 0.4) is 0 Å². The first-order valence-corrected chi connectivity index (χ1v) is 11.2. The van der Waals surface area contributed by atoms with Crippen LogP contribution in [0, 0.1) is 0 Å². The highest BCUT2D eigenvalue weighted by Crippen LogP contribution is 2.42. The van der Waals surface area contributed by atoms with Crippen LogP contribution in [-0.2, 0) is 25.5 Å². The van der Waals surface area contributed by atoms with Crippen LogP contribution in [0.5, 0.6) is 5.75 Å². The number of ether oxygens (including phenoxy) is 2. The maximum atomic E-state index is 13.3. The zero-order valence-corrected chi connectivity index (χ0v) is 18.9. The standard InChI is InChI=1S/C27H27NO5/c1-17-24(27(31)32-16-15-19-7-4-3-5-8-19)25(26-22(28-17)9-6-10-23(26)30)20-11-13-21(14-12-20)33-18(2)29/h3-5,7-8,11-14,25,28H,6,9-10,15-16H2,1-2H3/t25-/m0/s1. The average Bonchev–Trinajstić information content (AvgIpc) is 2.79. The molecule has 2 aromatic rings. The predicted octanol–water partition coefficient (Wildman–Crippen LogP) is 4.37. The van der Waals surface area contributed by atoms with E-state index in [1.54, 1.807) is 24.3 Å². The Labute approximate surface area is 193 Å². The van der Waals surface area contributed by atoms with Gasteiger partial charge in [0.25, 0.3) is 0 Å². The number of Topliss-reactive ketones (excluding diaryl/α,β-unsaturated/α-hetero) is 1. The molecule has 1 heterocycles. The smallest absolute Gasteiger partial charge is 0.336 e. The van der Waals surface area contributed by atoms with Gasteiger partial charge in [-0.15, -0.1) is 0 Å². The Morgan fingerprint density at radius 2 is 1.76 bits per heavy atom. The average molecular weight is 446 g/mol. The van der Waals surface area contributed by atoms with Crippen LogP contribution in [0.4, 0.5) is 0 Å². The molecule has 0 unspecified atom stereocenters. The van der Waals surface area contributed by atoms with E-state index in [1.165, 1.54) is 6.92 Å². The molecular formula is C27H27NO5. The molecule has 2 aromatic carbocycles. The number of carbonyl (C=O) groups excluding carboxylic acids is 3. The van der Waals surface area contributed by atoms with Crippen LogP contribution >= 0.6 is 0 Å². The van der Waals surface area contributed by atoms with Crippen molar-refractivity contribution >= 4 is 17.7 Å². The molecule has 0 aromatic heterocycles. The number of ketones is 1. The summed E-state index contributed by atoms with van der Waals surface area (Å²) in [5.74, 6) is -0.910. The Kier molecular flexibility index (Phi) is 6.73. The lowest BCUT2D eigenvalue weighted by atomic mass is 9.75. The van der Waals surface area contributed by atoms with Gasteiger partial charge in [0, 0.05) is 42.7 Å². The zero-order chi connectivity index (χ0) is 23.4. The quantitative estimate of drug-likeness (QED) is 0.525. The van der Waals surface area contributed by atoms with Gasteiger partial charge in [0.15, 0.2) is 5.78 Å². The molecule has 0 radical (unpaired) electrons. The van der Waals surface area contributed by atoms with E-state index in [0.717, 1.165) is 29.7 Å². The van der Waals surface area contributed by atoms with Gasteiger partial charge in [0.05, 0.1) is 12.2 Å². The number of esters is 2. The number of allylic oxidation sites excluding steroid dienone is 3. The van der Waals surface area contributed by atoms with Gasteiger partial charge >= 0.3 is 11.9 Å². The summed E-state index contributed by atoms with van der Waals surface area (Å²) in [4.78, 5) is 37.5. The Bertz CT molecular complexity index is 1130. The molecule has 0 saturated heterocycles. The van der Waals surface area contributed by atoms with Gasteiger partial charge in [-0.25, -0.2) is 4.79 Å². The van der Waals surface area contributed by atoms with Crippen LogP contribution in [0.15, 0.2) is 77.1 Å². The van der Waals surface area contributed by atoms with Crippen molar-refractivity contribution in [1.29, 1.82) is 0 Å². The van der Waals surface area contributed by atoms with Crippen molar-refractivity contribution in [3.05, 3.63) is 88.3 Å². The van der Waals surface area contributed by atoms with E-state index in [0.29, 0.717) is 35.4 Å². The Hall–Kier alpha value is -3.67. The molecule has 6 heteroatoms. The number of hydrogen-bond acceptors (Lipinski definition) is 6. The molecule has 6 nitrogen and oxygen atoms in total. The summed E-state index contributed by atoms with van der Waals surface area (Å²) in [5, 5.41) is 3.29. The van der Waals surface area contributed by atoms with Crippen molar-refractivity contribution in [3.8, 4) is 5.75 Å². The number of hydrogen-bond donors (Lipinski definition) is 1. The molecule has 2 aliphatic rings. The molecule has 0 fully saturated rings. The monoisotopic (exact) mass is 445 g/mol. The zero-order valence-electron chi connectivity index (χ0n) is 18.9. The van der Waals surface area contributed by atoms with E-state index in [9.17, 15) is 14.4 Å². The minimum Gasteiger partial charge on any atom is -0.462 e. The Morgan fingerprint density at radius 1 is 1.03 bits per heavy atom. The predicted molar refractivity (Wildman–Crippen MR) is 123 cm³/mol. The third-order valence-electron chi connectivity index (χ3n) is 5.94. The summed E-state index contributed by atoms with van der Waals surface area (Å²) in [6.07, 6.45) is 2.61. The van der Waals surface area contributed by atoms with Gasteiger partial charge in [-0.3, -0.25) is 9.59 Å². The lowest BCUT2D eigenvalue weighted by Gasteiger charge is -2.34. The first kappa shape index (κ1) is 22.5. The van der Waals surface area contributed by atoms with E-state index in [1.807, 2.05) is 37.3 Å². The number of rotatable bonds is 6. The normalized spacial score (nSPS) is 17.9. The molecule has 1 N–H and O–H groups in total.